The maximum atomic E-state index is 4.22. The van der Waals surface area contributed by atoms with Crippen molar-refractivity contribution in [1.29, 1.82) is 0 Å². The van der Waals surface area contributed by atoms with E-state index in [9.17, 15) is 0 Å². The van der Waals surface area contributed by atoms with Crippen molar-refractivity contribution in [1.82, 2.24) is 14.9 Å². The lowest BCUT2D eigenvalue weighted by Gasteiger charge is -2.09. The monoisotopic (exact) mass is 223 g/mol. The summed E-state index contributed by atoms with van der Waals surface area (Å²) in [6.45, 7) is 9.86. The molecule has 0 amide bonds. The van der Waals surface area contributed by atoms with Crippen LogP contribution in [-0.2, 0) is 13.1 Å². The van der Waals surface area contributed by atoms with Gasteiger partial charge in [-0.15, -0.1) is 0 Å². The molecule has 0 aromatic carbocycles. The van der Waals surface area contributed by atoms with E-state index in [4.69, 9.17) is 0 Å². The average Bonchev–Trinajstić information content (AvgIpc) is 2.66. The SMILES string of the molecule is CCCNCc1cncn1CCCC(C)C. The first-order valence-corrected chi connectivity index (χ1v) is 6.43. The van der Waals surface area contributed by atoms with Gasteiger partial charge in [-0.25, -0.2) is 4.98 Å². The fourth-order valence-electron chi connectivity index (χ4n) is 1.76. The Morgan fingerprint density at radius 3 is 2.94 bits per heavy atom. The standard InChI is InChI=1S/C13H25N3/c1-4-7-14-9-13-10-15-11-16(13)8-5-6-12(2)3/h10-12,14H,4-9H2,1-3H3. The molecule has 0 spiro atoms. The highest BCUT2D eigenvalue weighted by Gasteiger charge is 2.01. The van der Waals surface area contributed by atoms with Crippen molar-refractivity contribution in [3.05, 3.63) is 18.2 Å². The Labute approximate surface area is 99.3 Å². The molecule has 0 unspecified atom stereocenters. The number of imidazole rings is 1. The van der Waals surface area contributed by atoms with Gasteiger partial charge in [0.1, 0.15) is 0 Å². The van der Waals surface area contributed by atoms with Gasteiger partial charge < -0.3 is 9.88 Å². The molecule has 1 N–H and O–H groups in total. The summed E-state index contributed by atoms with van der Waals surface area (Å²) in [6.07, 6.45) is 7.64. The van der Waals surface area contributed by atoms with Gasteiger partial charge in [0.15, 0.2) is 0 Å². The summed E-state index contributed by atoms with van der Waals surface area (Å²) >= 11 is 0. The summed E-state index contributed by atoms with van der Waals surface area (Å²) in [5.41, 5.74) is 1.30. The van der Waals surface area contributed by atoms with Crippen molar-refractivity contribution in [3.63, 3.8) is 0 Å². The second-order valence-corrected chi connectivity index (χ2v) is 4.79. The van der Waals surface area contributed by atoms with E-state index in [1.54, 1.807) is 0 Å². The maximum Gasteiger partial charge on any atom is 0.0948 e. The van der Waals surface area contributed by atoms with Crippen LogP contribution in [-0.4, -0.2) is 16.1 Å². The zero-order valence-corrected chi connectivity index (χ0v) is 10.9. The predicted molar refractivity (Wildman–Crippen MR) is 68.3 cm³/mol. The Bertz CT molecular complexity index is 278. The lowest BCUT2D eigenvalue weighted by molar-refractivity contribution is 0.500. The van der Waals surface area contributed by atoms with E-state index in [1.807, 2.05) is 12.5 Å². The van der Waals surface area contributed by atoms with Crippen LogP contribution in [0.25, 0.3) is 0 Å². The van der Waals surface area contributed by atoms with Crippen LogP contribution >= 0.6 is 0 Å². The van der Waals surface area contributed by atoms with E-state index < -0.39 is 0 Å². The van der Waals surface area contributed by atoms with Gasteiger partial charge in [-0.2, -0.15) is 0 Å². The summed E-state index contributed by atoms with van der Waals surface area (Å²) in [6, 6.07) is 0. The van der Waals surface area contributed by atoms with Crippen molar-refractivity contribution in [2.75, 3.05) is 6.54 Å². The zero-order valence-electron chi connectivity index (χ0n) is 10.9. The van der Waals surface area contributed by atoms with Crippen molar-refractivity contribution >= 4 is 0 Å². The predicted octanol–water partition coefficient (Wildman–Crippen LogP) is 2.82. The fourth-order valence-corrected chi connectivity index (χ4v) is 1.76. The lowest BCUT2D eigenvalue weighted by Crippen LogP contribution is -2.16. The van der Waals surface area contributed by atoms with Crippen molar-refractivity contribution < 1.29 is 0 Å². The Hall–Kier alpha value is -0.830. The van der Waals surface area contributed by atoms with E-state index in [-0.39, 0.29) is 0 Å². The van der Waals surface area contributed by atoms with Gasteiger partial charge in [-0.1, -0.05) is 20.8 Å². The molecule has 0 bridgehead atoms. The van der Waals surface area contributed by atoms with Gasteiger partial charge in [0, 0.05) is 19.3 Å². The molecule has 1 aromatic rings. The number of rotatable bonds is 8. The number of aromatic nitrogens is 2. The molecule has 1 rings (SSSR count). The molecule has 1 heterocycles. The Balaban J connectivity index is 2.32. The minimum absolute atomic E-state index is 0.796. The zero-order chi connectivity index (χ0) is 11.8. The summed E-state index contributed by atoms with van der Waals surface area (Å²) in [5, 5.41) is 3.42. The lowest BCUT2D eigenvalue weighted by atomic mass is 10.1. The fraction of sp³-hybridized carbons (Fsp3) is 0.769. The highest BCUT2D eigenvalue weighted by molar-refractivity contribution is 4.97. The van der Waals surface area contributed by atoms with Gasteiger partial charge in [0.05, 0.1) is 12.0 Å². The molecule has 0 saturated heterocycles. The molecule has 0 saturated carbocycles. The van der Waals surface area contributed by atoms with E-state index in [2.05, 4.69) is 35.6 Å². The van der Waals surface area contributed by atoms with Crippen molar-refractivity contribution in [3.8, 4) is 0 Å². The maximum absolute atomic E-state index is 4.22. The molecule has 3 nitrogen and oxygen atoms in total. The Morgan fingerprint density at radius 1 is 1.44 bits per heavy atom. The second kappa shape index (κ2) is 7.44. The van der Waals surface area contributed by atoms with Crippen LogP contribution in [0.3, 0.4) is 0 Å². The molecule has 0 fully saturated rings. The van der Waals surface area contributed by atoms with Crippen LogP contribution < -0.4 is 5.32 Å². The third kappa shape index (κ3) is 4.79. The molecule has 0 aliphatic carbocycles. The molecule has 0 aliphatic heterocycles. The van der Waals surface area contributed by atoms with E-state index in [1.165, 1.54) is 25.0 Å². The van der Waals surface area contributed by atoms with Crippen LogP contribution in [0.5, 0.6) is 0 Å². The average molecular weight is 223 g/mol. The van der Waals surface area contributed by atoms with Gasteiger partial charge >= 0.3 is 0 Å². The van der Waals surface area contributed by atoms with Crippen LogP contribution in [0, 0.1) is 5.92 Å². The number of aryl methyl sites for hydroxylation is 1. The van der Waals surface area contributed by atoms with Crippen molar-refractivity contribution in [2.24, 2.45) is 5.92 Å². The normalized spacial score (nSPS) is 11.2. The molecule has 0 aliphatic rings. The summed E-state index contributed by atoms with van der Waals surface area (Å²) < 4.78 is 2.27. The van der Waals surface area contributed by atoms with Crippen LogP contribution in [0.1, 0.15) is 45.7 Å². The second-order valence-electron chi connectivity index (χ2n) is 4.79. The third-order valence-electron chi connectivity index (χ3n) is 2.71. The first-order chi connectivity index (χ1) is 7.74. The van der Waals surface area contributed by atoms with Crippen molar-refractivity contribution in [2.45, 2.75) is 53.1 Å². The highest BCUT2D eigenvalue weighted by Crippen LogP contribution is 2.07. The minimum atomic E-state index is 0.796. The molecule has 92 valence electrons. The third-order valence-corrected chi connectivity index (χ3v) is 2.71. The molecular weight excluding hydrogens is 198 g/mol. The van der Waals surface area contributed by atoms with Crippen LogP contribution in [0.2, 0.25) is 0 Å². The first-order valence-electron chi connectivity index (χ1n) is 6.43. The Kier molecular flexibility index (Phi) is 6.16. The molecule has 1 aromatic heterocycles. The molecule has 16 heavy (non-hydrogen) atoms. The van der Waals surface area contributed by atoms with Gasteiger partial charge in [-0.3, -0.25) is 0 Å². The number of hydrogen-bond acceptors (Lipinski definition) is 2. The van der Waals surface area contributed by atoms with Crippen LogP contribution in [0.4, 0.5) is 0 Å². The molecular formula is C13H25N3. The largest absolute Gasteiger partial charge is 0.333 e. The van der Waals surface area contributed by atoms with Crippen LogP contribution in [0.15, 0.2) is 12.5 Å². The van der Waals surface area contributed by atoms with E-state index >= 15 is 0 Å². The quantitative estimate of drug-likeness (QED) is 0.687. The number of nitrogens with one attached hydrogen (secondary N) is 1. The smallest absolute Gasteiger partial charge is 0.0948 e. The Morgan fingerprint density at radius 2 is 2.25 bits per heavy atom. The number of hydrogen-bond donors (Lipinski definition) is 1. The highest BCUT2D eigenvalue weighted by atomic mass is 15.1. The molecule has 0 radical (unpaired) electrons. The molecule has 0 atom stereocenters. The number of nitrogens with zero attached hydrogens (tertiary/aromatic N) is 2. The van der Waals surface area contributed by atoms with Gasteiger partial charge in [0.25, 0.3) is 0 Å². The van der Waals surface area contributed by atoms with E-state index in [0.717, 1.165) is 25.6 Å². The summed E-state index contributed by atoms with van der Waals surface area (Å²) in [7, 11) is 0. The topological polar surface area (TPSA) is 29.9 Å². The summed E-state index contributed by atoms with van der Waals surface area (Å²) in [4.78, 5) is 4.22. The van der Waals surface area contributed by atoms with Gasteiger partial charge in [0.2, 0.25) is 0 Å². The summed E-state index contributed by atoms with van der Waals surface area (Å²) in [5.74, 6) is 0.796. The molecule has 3 heteroatoms. The van der Waals surface area contributed by atoms with E-state index in [0.29, 0.717) is 0 Å². The first kappa shape index (κ1) is 13.2. The minimum Gasteiger partial charge on any atom is -0.333 e. The van der Waals surface area contributed by atoms with Gasteiger partial charge in [-0.05, 0) is 31.7 Å².